The van der Waals surface area contributed by atoms with Gasteiger partial charge in [0, 0.05) is 48.0 Å². The highest BCUT2D eigenvalue weighted by molar-refractivity contribution is 6.30. The van der Waals surface area contributed by atoms with Crippen LogP contribution in [0.4, 0.5) is 11.4 Å². The van der Waals surface area contributed by atoms with Gasteiger partial charge in [0.15, 0.2) is 0 Å². The Morgan fingerprint density at radius 2 is 1.84 bits per heavy atom. The van der Waals surface area contributed by atoms with Crippen LogP contribution < -0.4 is 9.80 Å². The molecule has 2 fully saturated rings. The first-order valence-corrected chi connectivity index (χ1v) is 11.2. The van der Waals surface area contributed by atoms with E-state index in [4.69, 9.17) is 16.1 Å². The van der Waals surface area contributed by atoms with Gasteiger partial charge >= 0.3 is 0 Å². The van der Waals surface area contributed by atoms with E-state index in [9.17, 15) is 4.79 Å². The molecule has 0 saturated carbocycles. The molecule has 3 aromatic rings. The number of hydrogen-bond acceptors (Lipinski definition) is 5. The highest BCUT2D eigenvalue weighted by atomic mass is 35.5. The van der Waals surface area contributed by atoms with Crippen LogP contribution in [0.15, 0.2) is 53.1 Å². The van der Waals surface area contributed by atoms with E-state index in [0.29, 0.717) is 29.7 Å². The smallest absolute Gasteiger partial charge is 0.232 e. The van der Waals surface area contributed by atoms with Crippen molar-refractivity contribution in [2.45, 2.75) is 32.1 Å². The highest BCUT2D eigenvalue weighted by Crippen LogP contribution is 2.33. The molecule has 5 rings (SSSR count). The number of benzene rings is 2. The van der Waals surface area contributed by atoms with Crippen LogP contribution in [0, 0.1) is 5.92 Å². The van der Waals surface area contributed by atoms with Crippen LogP contribution in [0.5, 0.6) is 0 Å². The zero-order valence-corrected chi connectivity index (χ0v) is 18.3. The summed E-state index contributed by atoms with van der Waals surface area (Å²) in [5.41, 5.74) is 2.94. The largest absolute Gasteiger partial charge is 0.372 e. The van der Waals surface area contributed by atoms with Gasteiger partial charge in [0.25, 0.3) is 0 Å². The Kier molecular flexibility index (Phi) is 5.40. The maximum absolute atomic E-state index is 12.5. The minimum absolute atomic E-state index is 0.0345. The van der Waals surface area contributed by atoms with E-state index in [1.807, 2.05) is 24.3 Å². The van der Waals surface area contributed by atoms with Crippen LogP contribution in [0.3, 0.4) is 0 Å². The van der Waals surface area contributed by atoms with Crippen molar-refractivity contribution in [2.75, 3.05) is 29.4 Å². The Bertz CT molecular complexity index is 1070. The van der Waals surface area contributed by atoms with E-state index in [1.54, 1.807) is 17.0 Å². The van der Waals surface area contributed by atoms with Crippen molar-refractivity contribution in [3.63, 3.8) is 0 Å². The first-order chi connectivity index (χ1) is 15.1. The molecule has 0 N–H and O–H groups in total. The molecule has 0 aliphatic carbocycles. The fourth-order valence-electron chi connectivity index (χ4n) is 4.37. The summed E-state index contributed by atoms with van der Waals surface area (Å²) in [4.78, 5) is 21.3. The predicted molar refractivity (Wildman–Crippen MR) is 122 cm³/mol. The summed E-state index contributed by atoms with van der Waals surface area (Å²) in [6.07, 6.45) is 2.82. The van der Waals surface area contributed by atoms with E-state index in [2.05, 4.69) is 34.1 Å². The quantitative estimate of drug-likeness (QED) is 0.566. The van der Waals surface area contributed by atoms with Crippen molar-refractivity contribution < 1.29 is 9.32 Å². The van der Waals surface area contributed by atoms with Crippen molar-refractivity contribution in [3.8, 4) is 11.4 Å². The van der Waals surface area contributed by atoms with Crippen molar-refractivity contribution in [1.29, 1.82) is 0 Å². The van der Waals surface area contributed by atoms with Gasteiger partial charge in [-0.3, -0.25) is 4.79 Å². The van der Waals surface area contributed by atoms with E-state index < -0.39 is 0 Å². The van der Waals surface area contributed by atoms with Crippen LogP contribution >= 0.6 is 11.6 Å². The second-order valence-electron chi connectivity index (χ2n) is 8.56. The van der Waals surface area contributed by atoms with Crippen molar-refractivity contribution in [3.05, 3.63) is 59.4 Å². The molecule has 31 heavy (non-hydrogen) atoms. The van der Waals surface area contributed by atoms with E-state index >= 15 is 0 Å². The highest BCUT2D eigenvalue weighted by Gasteiger charge is 2.35. The number of rotatable bonds is 4. The zero-order valence-electron chi connectivity index (χ0n) is 17.5. The molecule has 0 spiro atoms. The third-order valence-electron chi connectivity index (χ3n) is 6.31. The van der Waals surface area contributed by atoms with E-state index in [0.717, 1.165) is 30.3 Å². The topological polar surface area (TPSA) is 62.5 Å². The summed E-state index contributed by atoms with van der Waals surface area (Å²) >= 11 is 6.08. The minimum Gasteiger partial charge on any atom is -0.372 e. The average Bonchev–Trinajstić information content (AvgIpc) is 3.41. The van der Waals surface area contributed by atoms with Crippen molar-refractivity contribution in [1.82, 2.24) is 10.1 Å². The molecule has 1 atom stereocenters. The molecule has 2 saturated heterocycles. The Balaban J connectivity index is 1.28. The molecule has 0 unspecified atom stereocenters. The number of piperidine rings is 1. The third-order valence-corrected chi connectivity index (χ3v) is 6.55. The van der Waals surface area contributed by atoms with E-state index in [1.165, 1.54) is 18.5 Å². The molecule has 2 aromatic carbocycles. The second-order valence-corrected chi connectivity index (χ2v) is 8.99. The Hall–Kier alpha value is -2.86. The molecule has 3 heterocycles. The molecule has 1 amide bonds. The molecular weight excluding hydrogens is 412 g/mol. The molecule has 6 nitrogen and oxygen atoms in total. The molecule has 160 valence electrons. The molecule has 0 bridgehead atoms. The number of anilines is 2. The molecule has 1 aromatic heterocycles. The summed E-state index contributed by atoms with van der Waals surface area (Å²) < 4.78 is 5.54. The summed E-state index contributed by atoms with van der Waals surface area (Å²) in [6.45, 7) is 5.03. The summed E-state index contributed by atoms with van der Waals surface area (Å²) in [7, 11) is 0. The monoisotopic (exact) mass is 436 g/mol. The van der Waals surface area contributed by atoms with Gasteiger partial charge in [-0.25, -0.2) is 0 Å². The van der Waals surface area contributed by atoms with Gasteiger partial charge in [-0.2, -0.15) is 4.98 Å². The second kappa shape index (κ2) is 8.35. The first-order valence-electron chi connectivity index (χ1n) is 10.8. The maximum Gasteiger partial charge on any atom is 0.232 e. The lowest BCUT2D eigenvalue weighted by Crippen LogP contribution is -2.32. The summed E-state index contributed by atoms with van der Waals surface area (Å²) in [5, 5.41) is 4.78. The fraction of sp³-hybridized carbons (Fsp3) is 0.375. The molecular formula is C24H25ClN4O2. The van der Waals surface area contributed by atoms with Crippen LogP contribution in [-0.2, 0) is 4.79 Å². The third kappa shape index (κ3) is 4.17. The SMILES string of the molecule is CC1CCN(c2ccc(-c3noc([C@H]4CC(=O)N(c5cccc(Cl)c5)C4)n3)cc2)CC1. The predicted octanol–water partition coefficient (Wildman–Crippen LogP) is 5.15. The van der Waals surface area contributed by atoms with Gasteiger partial charge in [-0.1, -0.05) is 29.7 Å². The Labute approximate surface area is 186 Å². The van der Waals surface area contributed by atoms with Gasteiger partial charge in [-0.15, -0.1) is 0 Å². The standard InChI is InChI=1S/C24H25ClN4O2/c1-16-9-11-28(12-10-16)20-7-5-17(6-8-20)23-26-24(31-27-23)18-13-22(30)29(15-18)21-4-2-3-19(25)14-21/h2-8,14,16,18H,9-13,15H2,1H3/t18-/m0/s1. The lowest BCUT2D eigenvalue weighted by Gasteiger charge is -2.32. The summed E-state index contributed by atoms with van der Waals surface area (Å²) in [5.74, 6) is 1.78. The fourth-order valence-corrected chi connectivity index (χ4v) is 4.56. The molecule has 0 radical (unpaired) electrons. The van der Waals surface area contributed by atoms with Crippen LogP contribution in [0.1, 0.15) is 38.0 Å². The van der Waals surface area contributed by atoms with Gasteiger partial charge in [0.2, 0.25) is 17.6 Å². The number of carbonyl (C=O) groups excluding carboxylic acids is 1. The van der Waals surface area contributed by atoms with E-state index in [-0.39, 0.29) is 11.8 Å². The summed E-state index contributed by atoms with van der Waals surface area (Å²) in [6, 6.07) is 15.7. The lowest BCUT2D eigenvalue weighted by molar-refractivity contribution is -0.117. The zero-order chi connectivity index (χ0) is 21.4. The molecule has 2 aliphatic heterocycles. The number of amides is 1. The Morgan fingerprint density at radius 3 is 2.58 bits per heavy atom. The van der Waals surface area contributed by atoms with Crippen LogP contribution in [-0.4, -0.2) is 35.7 Å². The average molecular weight is 437 g/mol. The molecule has 7 heteroatoms. The van der Waals surface area contributed by atoms with Gasteiger partial charge in [0.05, 0.1) is 5.92 Å². The number of hydrogen-bond donors (Lipinski definition) is 0. The van der Waals surface area contributed by atoms with Crippen LogP contribution in [0.25, 0.3) is 11.4 Å². The normalized spacial score (nSPS) is 19.9. The van der Waals surface area contributed by atoms with Crippen LogP contribution in [0.2, 0.25) is 5.02 Å². The number of carbonyl (C=O) groups is 1. The molecule has 2 aliphatic rings. The number of halogens is 1. The van der Waals surface area contributed by atoms with Gasteiger partial charge in [0.1, 0.15) is 0 Å². The van der Waals surface area contributed by atoms with Crippen molar-refractivity contribution >= 4 is 28.9 Å². The minimum atomic E-state index is -0.123. The lowest BCUT2D eigenvalue weighted by atomic mass is 9.98. The van der Waals surface area contributed by atoms with Crippen molar-refractivity contribution in [2.24, 2.45) is 5.92 Å². The first kappa shape index (κ1) is 20.1. The van der Waals surface area contributed by atoms with Gasteiger partial charge in [-0.05, 0) is 61.2 Å². The Morgan fingerprint density at radius 1 is 1.06 bits per heavy atom. The maximum atomic E-state index is 12.5. The number of nitrogens with zero attached hydrogens (tertiary/aromatic N) is 4. The van der Waals surface area contributed by atoms with Gasteiger partial charge < -0.3 is 14.3 Å². The number of aromatic nitrogens is 2.